The molecule has 1 aromatic carbocycles. The van der Waals surface area contributed by atoms with E-state index in [1.54, 1.807) is 30.3 Å². The molecule has 0 aliphatic rings. The van der Waals surface area contributed by atoms with E-state index >= 15 is 0 Å². The second-order valence-corrected chi connectivity index (χ2v) is 4.61. The van der Waals surface area contributed by atoms with Gasteiger partial charge in [-0.3, -0.25) is 4.79 Å². The van der Waals surface area contributed by atoms with Gasteiger partial charge in [0.05, 0.1) is 0 Å². The first kappa shape index (κ1) is 13.9. The summed E-state index contributed by atoms with van der Waals surface area (Å²) in [4.78, 5) is 12.0. The quantitative estimate of drug-likeness (QED) is 0.695. The minimum absolute atomic E-state index is 0.0433. The molecule has 1 aromatic heterocycles. The Kier molecular flexibility index (Phi) is 4.24. The lowest BCUT2D eigenvalue weighted by atomic mass is 10.2. The van der Waals surface area contributed by atoms with Gasteiger partial charge < -0.3 is 9.88 Å². The molecule has 0 aliphatic carbocycles. The molecule has 1 heterocycles. The van der Waals surface area contributed by atoms with E-state index < -0.39 is 5.91 Å². The second kappa shape index (κ2) is 6.09. The van der Waals surface area contributed by atoms with E-state index in [0.29, 0.717) is 10.7 Å². The third kappa shape index (κ3) is 3.28. The van der Waals surface area contributed by atoms with Crippen LogP contribution in [0.15, 0.2) is 48.2 Å². The van der Waals surface area contributed by atoms with Crippen LogP contribution in [0.25, 0.3) is 6.08 Å². The summed E-state index contributed by atoms with van der Waals surface area (Å²) in [5.41, 5.74) is 1.42. The van der Waals surface area contributed by atoms with Gasteiger partial charge in [0.1, 0.15) is 11.6 Å². The standard InChI is InChI=1S/C15H12ClN3O/c1-19-8-2-3-14(19)9-11(10-17)15(20)18-13-6-4-12(16)5-7-13/h2-9H,1H3,(H,18,20)/b11-9-. The maximum absolute atomic E-state index is 12.0. The van der Waals surface area contributed by atoms with Crippen molar-refractivity contribution in [1.29, 1.82) is 5.26 Å². The third-order valence-electron chi connectivity index (χ3n) is 2.74. The number of hydrogen-bond acceptors (Lipinski definition) is 2. The number of carbonyl (C=O) groups excluding carboxylic acids is 1. The number of amides is 1. The number of nitrogens with one attached hydrogen (secondary N) is 1. The molecule has 2 rings (SSSR count). The Hall–Kier alpha value is -2.51. The van der Waals surface area contributed by atoms with Crippen LogP contribution in [0.3, 0.4) is 0 Å². The number of aryl methyl sites for hydroxylation is 1. The molecule has 5 heteroatoms. The summed E-state index contributed by atoms with van der Waals surface area (Å²) in [6.07, 6.45) is 3.39. The van der Waals surface area contributed by atoms with Gasteiger partial charge in [-0.15, -0.1) is 0 Å². The van der Waals surface area contributed by atoms with Crippen LogP contribution < -0.4 is 5.32 Å². The fourth-order valence-electron chi connectivity index (χ4n) is 1.65. The van der Waals surface area contributed by atoms with Gasteiger partial charge in [0, 0.05) is 29.6 Å². The average molecular weight is 286 g/mol. The van der Waals surface area contributed by atoms with Gasteiger partial charge in [0.25, 0.3) is 5.91 Å². The minimum atomic E-state index is -0.448. The normalized spacial score (nSPS) is 10.9. The zero-order valence-corrected chi connectivity index (χ0v) is 11.6. The lowest BCUT2D eigenvalue weighted by Gasteiger charge is -2.04. The molecule has 0 fully saturated rings. The van der Waals surface area contributed by atoms with Crippen LogP contribution in [-0.2, 0) is 11.8 Å². The van der Waals surface area contributed by atoms with Crippen molar-refractivity contribution in [2.24, 2.45) is 7.05 Å². The Morgan fingerprint density at radius 3 is 2.60 bits per heavy atom. The summed E-state index contributed by atoms with van der Waals surface area (Å²) in [5, 5.41) is 12.3. The fraction of sp³-hybridized carbons (Fsp3) is 0.0667. The van der Waals surface area contributed by atoms with Gasteiger partial charge in [0.2, 0.25) is 0 Å². The van der Waals surface area contributed by atoms with Gasteiger partial charge in [-0.1, -0.05) is 11.6 Å². The molecule has 0 spiro atoms. The monoisotopic (exact) mass is 285 g/mol. The van der Waals surface area contributed by atoms with Crippen LogP contribution >= 0.6 is 11.6 Å². The SMILES string of the molecule is Cn1cccc1/C=C(/C#N)C(=O)Nc1ccc(Cl)cc1. The summed E-state index contributed by atoms with van der Waals surface area (Å²) in [5.74, 6) is -0.448. The second-order valence-electron chi connectivity index (χ2n) is 4.17. The number of nitriles is 1. The topological polar surface area (TPSA) is 57.8 Å². The predicted octanol–water partition coefficient (Wildman–Crippen LogP) is 3.22. The zero-order chi connectivity index (χ0) is 14.5. The van der Waals surface area contributed by atoms with Gasteiger partial charge in [-0.2, -0.15) is 5.26 Å². The summed E-state index contributed by atoms with van der Waals surface area (Å²) in [6.45, 7) is 0. The van der Waals surface area contributed by atoms with Crippen molar-refractivity contribution < 1.29 is 4.79 Å². The lowest BCUT2D eigenvalue weighted by molar-refractivity contribution is -0.112. The molecular weight excluding hydrogens is 274 g/mol. The smallest absolute Gasteiger partial charge is 0.266 e. The predicted molar refractivity (Wildman–Crippen MR) is 79.1 cm³/mol. The van der Waals surface area contributed by atoms with Crippen LogP contribution in [0.1, 0.15) is 5.69 Å². The molecule has 100 valence electrons. The molecule has 0 radical (unpaired) electrons. The van der Waals surface area contributed by atoms with Gasteiger partial charge >= 0.3 is 0 Å². The third-order valence-corrected chi connectivity index (χ3v) is 3.00. The van der Waals surface area contributed by atoms with Crippen LogP contribution in [0.5, 0.6) is 0 Å². The molecule has 0 atom stereocenters. The summed E-state index contributed by atoms with van der Waals surface area (Å²) < 4.78 is 1.83. The van der Waals surface area contributed by atoms with E-state index in [4.69, 9.17) is 16.9 Å². The number of hydrogen-bond donors (Lipinski definition) is 1. The van der Waals surface area contributed by atoms with E-state index in [9.17, 15) is 4.79 Å². The van der Waals surface area contributed by atoms with Crippen molar-refractivity contribution in [3.63, 3.8) is 0 Å². The first-order valence-corrected chi connectivity index (χ1v) is 6.28. The molecule has 0 bridgehead atoms. The van der Waals surface area contributed by atoms with Crippen LogP contribution in [0, 0.1) is 11.3 Å². The van der Waals surface area contributed by atoms with E-state index in [-0.39, 0.29) is 5.57 Å². The minimum Gasteiger partial charge on any atom is -0.351 e. The van der Waals surface area contributed by atoms with Crippen molar-refractivity contribution in [2.45, 2.75) is 0 Å². The van der Waals surface area contributed by atoms with Gasteiger partial charge in [-0.05, 0) is 42.5 Å². The highest BCUT2D eigenvalue weighted by Crippen LogP contribution is 2.15. The average Bonchev–Trinajstić information content (AvgIpc) is 2.84. The summed E-state index contributed by atoms with van der Waals surface area (Å²) >= 11 is 5.77. The lowest BCUT2D eigenvalue weighted by Crippen LogP contribution is -2.13. The summed E-state index contributed by atoms with van der Waals surface area (Å²) in [6, 6.07) is 12.3. The van der Waals surface area contributed by atoms with Crippen molar-refractivity contribution in [3.05, 3.63) is 58.9 Å². The fourth-order valence-corrected chi connectivity index (χ4v) is 1.78. The Morgan fingerprint density at radius 1 is 1.35 bits per heavy atom. The van der Waals surface area contributed by atoms with E-state index in [1.165, 1.54) is 0 Å². The molecule has 0 unspecified atom stereocenters. The first-order chi connectivity index (χ1) is 9.60. The Balaban J connectivity index is 2.18. The van der Waals surface area contributed by atoms with E-state index in [1.807, 2.05) is 36.0 Å². The first-order valence-electron chi connectivity index (χ1n) is 5.90. The van der Waals surface area contributed by atoms with Crippen molar-refractivity contribution in [1.82, 2.24) is 4.57 Å². The largest absolute Gasteiger partial charge is 0.351 e. The number of carbonyl (C=O) groups is 1. The van der Waals surface area contributed by atoms with Gasteiger partial charge in [0.15, 0.2) is 0 Å². The zero-order valence-electron chi connectivity index (χ0n) is 10.8. The number of nitrogens with zero attached hydrogens (tertiary/aromatic N) is 2. The number of rotatable bonds is 3. The molecule has 4 nitrogen and oxygen atoms in total. The molecule has 1 amide bonds. The highest BCUT2D eigenvalue weighted by atomic mass is 35.5. The van der Waals surface area contributed by atoms with Crippen molar-refractivity contribution >= 4 is 29.3 Å². The summed E-state index contributed by atoms with van der Waals surface area (Å²) in [7, 11) is 1.85. The Labute approximate surface area is 121 Å². The molecule has 20 heavy (non-hydrogen) atoms. The van der Waals surface area contributed by atoms with Gasteiger partial charge in [-0.25, -0.2) is 0 Å². The van der Waals surface area contributed by atoms with Crippen molar-refractivity contribution in [2.75, 3.05) is 5.32 Å². The Morgan fingerprint density at radius 2 is 2.05 bits per heavy atom. The number of halogens is 1. The molecule has 0 saturated carbocycles. The van der Waals surface area contributed by atoms with Crippen molar-refractivity contribution in [3.8, 4) is 6.07 Å². The van der Waals surface area contributed by atoms with E-state index in [2.05, 4.69) is 5.32 Å². The molecule has 0 saturated heterocycles. The molecular formula is C15H12ClN3O. The molecule has 2 aromatic rings. The maximum Gasteiger partial charge on any atom is 0.266 e. The van der Waals surface area contributed by atoms with Crippen LogP contribution in [0.2, 0.25) is 5.02 Å². The van der Waals surface area contributed by atoms with E-state index in [0.717, 1.165) is 5.69 Å². The number of anilines is 1. The highest BCUT2D eigenvalue weighted by Gasteiger charge is 2.10. The number of benzene rings is 1. The van der Waals surface area contributed by atoms with Crippen LogP contribution in [0.4, 0.5) is 5.69 Å². The highest BCUT2D eigenvalue weighted by molar-refractivity contribution is 6.30. The van der Waals surface area contributed by atoms with Crippen LogP contribution in [-0.4, -0.2) is 10.5 Å². The molecule has 0 aliphatic heterocycles. The Bertz CT molecular complexity index is 693. The number of aromatic nitrogens is 1. The maximum atomic E-state index is 12.0. The molecule has 1 N–H and O–H groups in total.